The number of likely N-dealkylation sites (N-methyl/N-ethyl adjacent to an activating group) is 1. The molecule has 0 aromatic heterocycles. The van der Waals surface area contributed by atoms with Crippen molar-refractivity contribution in [2.24, 2.45) is 5.92 Å². The molecule has 12 heteroatoms. The summed E-state index contributed by atoms with van der Waals surface area (Å²) in [7, 11) is 1.77. The topological polar surface area (TPSA) is 132 Å². The van der Waals surface area contributed by atoms with E-state index in [1.807, 2.05) is 13.8 Å². The third-order valence-electron chi connectivity index (χ3n) is 9.14. The van der Waals surface area contributed by atoms with E-state index in [4.69, 9.17) is 9.47 Å². The Kier molecular flexibility index (Phi) is 13.9. The lowest BCUT2D eigenvalue weighted by Crippen LogP contribution is -2.50. The number of nitrogens with zero attached hydrogens (tertiary/aromatic N) is 2. The Morgan fingerprint density at radius 1 is 1.00 bits per heavy atom. The Hall–Kier alpha value is -3.90. The second kappa shape index (κ2) is 18.0. The first-order chi connectivity index (χ1) is 23.0. The fourth-order valence-electron chi connectivity index (χ4n) is 6.17. The van der Waals surface area contributed by atoms with Crippen LogP contribution in [0.25, 0.3) is 0 Å². The number of ether oxygens (including phenoxy) is 2. The van der Waals surface area contributed by atoms with Crippen molar-refractivity contribution in [3.05, 3.63) is 53.8 Å². The fourth-order valence-corrected chi connectivity index (χ4v) is 6.17. The number of halogens is 1. The second-order valence-corrected chi connectivity index (χ2v) is 13.3. The van der Waals surface area contributed by atoms with Gasteiger partial charge in [-0.2, -0.15) is 0 Å². The lowest BCUT2D eigenvalue weighted by molar-refractivity contribution is -0.0123. The zero-order valence-electron chi connectivity index (χ0n) is 28.7. The molecule has 11 nitrogen and oxygen atoms in total. The van der Waals surface area contributed by atoms with Crippen LogP contribution in [0, 0.1) is 11.7 Å². The van der Waals surface area contributed by atoms with Gasteiger partial charge < -0.3 is 40.3 Å². The van der Waals surface area contributed by atoms with Crippen molar-refractivity contribution >= 4 is 29.3 Å². The van der Waals surface area contributed by atoms with Gasteiger partial charge in [0.25, 0.3) is 5.91 Å². The van der Waals surface area contributed by atoms with E-state index in [1.165, 1.54) is 30.7 Å². The monoisotopic (exact) mass is 669 g/mol. The molecule has 1 saturated carbocycles. The van der Waals surface area contributed by atoms with Crippen molar-refractivity contribution in [1.82, 2.24) is 15.1 Å². The number of carbonyl (C=O) groups excluding carboxylic acids is 3. The minimum Gasteiger partial charge on any atom is -0.490 e. The predicted octanol–water partition coefficient (Wildman–Crippen LogP) is 6.24. The number of carbonyl (C=O) groups is 3. The van der Waals surface area contributed by atoms with Gasteiger partial charge in [-0.15, -0.1) is 0 Å². The van der Waals surface area contributed by atoms with E-state index in [2.05, 4.69) is 16.0 Å². The normalized spacial score (nSPS) is 22.0. The lowest BCUT2D eigenvalue weighted by atomic mass is 9.96. The second-order valence-electron chi connectivity index (χ2n) is 13.3. The van der Waals surface area contributed by atoms with Crippen molar-refractivity contribution in [2.45, 2.75) is 96.4 Å². The molecule has 2 aromatic rings. The standard InChI is InChI=1S/C36H52FN5O6/c1-24-21-42(25(2)23-43)34(44)31-20-30(39-35(45)38-29-15-13-27(37)14-16-29)17-18-32(31)48-26(3)10-8-9-19-47-33(24)22-41(4)36(46)40-28-11-6-5-7-12-28/h13-18,20,24-26,28,33,43H,5-12,19,21-23H2,1-4H3,(H,40,46)(H2,38,39,45)/t24-,25-,26-,33-/m0/s1. The molecule has 4 N–H and O–H groups in total. The summed E-state index contributed by atoms with van der Waals surface area (Å²) in [5.74, 6) is -0.598. The van der Waals surface area contributed by atoms with Crippen LogP contribution in [0.2, 0.25) is 0 Å². The van der Waals surface area contributed by atoms with Crippen molar-refractivity contribution in [3.8, 4) is 5.75 Å². The molecular weight excluding hydrogens is 617 g/mol. The number of urea groups is 2. The first-order valence-electron chi connectivity index (χ1n) is 17.2. The van der Waals surface area contributed by atoms with Crippen LogP contribution in [-0.4, -0.2) is 90.5 Å². The van der Waals surface area contributed by atoms with Gasteiger partial charge in [-0.25, -0.2) is 14.0 Å². The van der Waals surface area contributed by atoms with Gasteiger partial charge in [0, 0.05) is 50.1 Å². The molecular formula is C36H52FN5O6. The molecule has 0 bridgehead atoms. The van der Waals surface area contributed by atoms with E-state index >= 15 is 0 Å². The highest BCUT2D eigenvalue weighted by Gasteiger charge is 2.31. The number of benzene rings is 2. The summed E-state index contributed by atoms with van der Waals surface area (Å²) in [5.41, 5.74) is 1.01. The minimum absolute atomic E-state index is 0.128. The number of nitrogens with one attached hydrogen (secondary N) is 3. The largest absolute Gasteiger partial charge is 0.490 e. The van der Waals surface area contributed by atoms with Crippen LogP contribution in [0.3, 0.4) is 0 Å². The zero-order chi connectivity index (χ0) is 34.6. The minimum atomic E-state index is -0.560. The first-order valence-corrected chi connectivity index (χ1v) is 17.2. The molecule has 264 valence electrons. The number of hydrogen-bond donors (Lipinski definition) is 4. The fraction of sp³-hybridized carbons (Fsp3) is 0.583. The van der Waals surface area contributed by atoms with Crippen molar-refractivity contribution < 1.29 is 33.4 Å². The molecule has 1 fully saturated rings. The van der Waals surface area contributed by atoms with Crippen molar-refractivity contribution in [2.75, 3.05) is 44.0 Å². The van der Waals surface area contributed by atoms with Gasteiger partial charge in [0.05, 0.1) is 30.4 Å². The van der Waals surface area contributed by atoms with Crippen LogP contribution < -0.4 is 20.7 Å². The summed E-state index contributed by atoms with van der Waals surface area (Å²) in [6.45, 7) is 6.55. The van der Waals surface area contributed by atoms with Gasteiger partial charge in [0.1, 0.15) is 11.6 Å². The highest BCUT2D eigenvalue weighted by Crippen LogP contribution is 2.29. The Labute approximate surface area is 283 Å². The molecule has 2 aromatic carbocycles. The quantitative estimate of drug-likeness (QED) is 0.276. The summed E-state index contributed by atoms with van der Waals surface area (Å²) in [6.07, 6.45) is 7.27. The zero-order valence-corrected chi connectivity index (χ0v) is 28.7. The van der Waals surface area contributed by atoms with Gasteiger partial charge >= 0.3 is 12.1 Å². The summed E-state index contributed by atoms with van der Waals surface area (Å²) >= 11 is 0. The van der Waals surface area contributed by atoms with Gasteiger partial charge in [-0.3, -0.25) is 4.79 Å². The smallest absolute Gasteiger partial charge is 0.323 e. The predicted molar refractivity (Wildman–Crippen MR) is 184 cm³/mol. The van der Waals surface area contributed by atoms with E-state index < -0.39 is 17.9 Å². The Balaban J connectivity index is 1.55. The number of aliphatic hydroxyl groups is 1. The van der Waals surface area contributed by atoms with Crippen LogP contribution >= 0.6 is 0 Å². The van der Waals surface area contributed by atoms with Gasteiger partial charge in [0.2, 0.25) is 0 Å². The number of rotatable bonds is 7. The maximum absolute atomic E-state index is 14.3. The maximum atomic E-state index is 14.3. The van der Waals surface area contributed by atoms with E-state index in [0.717, 1.165) is 44.9 Å². The number of anilines is 2. The number of fused-ring (bicyclic) bond motifs is 1. The molecule has 5 amide bonds. The number of amides is 5. The molecule has 0 unspecified atom stereocenters. The van der Waals surface area contributed by atoms with Crippen LogP contribution in [0.15, 0.2) is 42.5 Å². The van der Waals surface area contributed by atoms with Crippen LogP contribution in [0.5, 0.6) is 5.75 Å². The van der Waals surface area contributed by atoms with Gasteiger partial charge in [-0.1, -0.05) is 26.2 Å². The molecule has 1 aliphatic heterocycles. The summed E-state index contributed by atoms with van der Waals surface area (Å²) in [4.78, 5) is 43.5. The summed E-state index contributed by atoms with van der Waals surface area (Å²) in [5, 5.41) is 18.8. The van der Waals surface area contributed by atoms with Crippen LogP contribution in [-0.2, 0) is 4.74 Å². The van der Waals surface area contributed by atoms with Crippen LogP contribution in [0.1, 0.15) is 82.5 Å². The highest BCUT2D eigenvalue weighted by atomic mass is 19.1. The van der Waals surface area contributed by atoms with Crippen molar-refractivity contribution in [1.29, 1.82) is 0 Å². The molecule has 4 rings (SSSR count). The number of hydrogen-bond acceptors (Lipinski definition) is 6. The SMILES string of the molecule is C[C@H]1CCCCO[C@@H](CN(C)C(=O)NC2CCCCC2)[C@@H](C)CN([C@@H](C)CO)C(=O)c2cc(NC(=O)Nc3ccc(F)cc3)ccc2O1. The average Bonchev–Trinajstić information content (AvgIpc) is 3.07. The van der Waals surface area contributed by atoms with Gasteiger partial charge in [-0.05, 0) is 88.4 Å². The van der Waals surface area contributed by atoms with Gasteiger partial charge in [0.15, 0.2) is 0 Å². The summed E-state index contributed by atoms with van der Waals surface area (Å²) < 4.78 is 26.0. The van der Waals surface area contributed by atoms with E-state index in [0.29, 0.717) is 30.3 Å². The van der Waals surface area contributed by atoms with Crippen molar-refractivity contribution in [3.63, 3.8) is 0 Å². The van der Waals surface area contributed by atoms with Crippen LogP contribution in [0.4, 0.5) is 25.4 Å². The van der Waals surface area contributed by atoms with E-state index in [-0.39, 0.29) is 54.8 Å². The molecule has 0 spiro atoms. The van der Waals surface area contributed by atoms with E-state index in [9.17, 15) is 23.9 Å². The molecule has 4 atom stereocenters. The molecule has 1 heterocycles. The molecule has 0 radical (unpaired) electrons. The maximum Gasteiger partial charge on any atom is 0.323 e. The Morgan fingerprint density at radius 2 is 1.67 bits per heavy atom. The van der Waals surface area contributed by atoms with E-state index in [1.54, 1.807) is 42.0 Å². The third-order valence-corrected chi connectivity index (χ3v) is 9.14. The Bertz CT molecular complexity index is 1350. The third kappa shape index (κ3) is 10.8. The lowest BCUT2D eigenvalue weighted by Gasteiger charge is -2.36. The number of aliphatic hydroxyl groups excluding tert-OH is 1. The highest BCUT2D eigenvalue weighted by molar-refractivity contribution is 6.02. The first kappa shape index (κ1) is 36.9. The molecule has 48 heavy (non-hydrogen) atoms. The summed E-state index contributed by atoms with van der Waals surface area (Å²) in [6, 6.07) is 9.25. The molecule has 2 aliphatic rings. The molecule has 1 aliphatic carbocycles. The average molecular weight is 670 g/mol. The molecule has 0 saturated heterocycles. The Morgan fingerprint density at radius 3 is 2.38 bits per heavy atom.